The standard InChI is InChI=1S/C16H17FN2O4/c17-12-5-2-1-4-11(12)13(20)10-19-15(21)7-8-18-16(22)14-6-3-9-23-14/h1-6,9,13,20H,7-8,10H2,(H,18,22)(H,19,21). The number of halogens is 1. The van der Waals surface area contributed by atoms with Gasteiger partial charge in [0.25, 0.3) is 5.91 Å². The zero-order chi connectivity index (χ0) is 16.7. The minimum absolute atomic E-state index is 0.0381. The molecule has 0 saturated carbocycles. The summed E-state index contributed by atoms with van der Waals surface area (Å²) in [6.45, 7) is 0.0209. The van der Waals surface area contributed by atoms with Crippen molar-refractivity contribution in [2.75, 3.05) is 13.1 Å². The predicted octanol–water partition coefficient (Wildman–Crippen LogP) is 1.39. The van der Waals surface area contributed by atoms with E-state index in [1.54, 1.807) is 12.1 Å². The summed E-state index contributed by atoms with van der Waals surface area (Å²) in [5.74, 6) is -1.13. The van der Waals surface area contributed by atoms with Crippen LogP contribution in [-0.2, 0) is 4.79 Å². The van der Waals surface area contributed by atoms with Crippen LogP contribution in [0, 0.1) is 5.82 Å². The predicted molar refractivity (Wildman–Crippen MR) is 80.0 cm³/mol. The van der Waals surface area contributed by atoms with Crippen molar-refractivity contribution in [2.24, 2.45) is 0 Å². The van der Waals surface area contributed by atoms with Crippen molar-refractivity contribution in [1.29, 1.82) is 0 Å². The van der Waals surface area contributed by atoms with Gasteiger partial charge in [0, 0.05) is 25.1 Å². The van der Waals surface area contributed by atoms with E-state index < -0.39 is 17.8 Å². The van der Waals surface area contributed by atoms with E-state index in [1.165, 1.54) is 30.5 Å². The Morgan fingerprint density at radius 2 is 1.96 bits per heavy atom. The van der Waals surface area contributed by atoms with Crippen LogP contribution in [0.4, 0.5) is 4.39 Å². The number of nitrogens with one attached hydrogen (secondary N) is 2. The lowest BCUT2D eigenvalue weighted by Gasteiger charge is -2.13. The number of furan rings is 1. The second-order valence-electron chi connectivity index (χ2n) is 4.82. The number of amides is 2. The summed E-state index contributed by atoms with van der Waals surface area (Å²) in [7, 11) is 0. The first-order valence-corrected chi connectivity index (χ1v) is 7.09. The Bertz CT molecular complexity index is 658. The van der Waals surface area contributed by atoms with E-state index in [-0.39, 0.29) is 36.7 Å². The molecule has 7 heteroatoms. The van der Waals surface area contributed by atoms with Crippen LogP contribution in [0.5, 0.6) is 0 Å². The van der Waals surface area contributed by atoms with Crippen LogP contribution in [0.25, 0.3) is 0 Å². The van der Waals surface area contributed by atoms with Gasteiger partial charge < -0.3 is 20.2 Å². The SMILES string of the molecule is O=C(CCNC(=O)c1ccco1)NCC(O)c1ccccc1F. The maximum absolute atomic E-state index is 13.5. The summed E-state index contributed by atoms with van der Waals surface area (Å²) in [5.41, 5.74) is 0.124. The second kappa shape index (κ2) is 8.09. The third-order valence-corrected chi connectivity index (χ3v) is 3.14. The average molecular weight is 320 g/mol. The van der Waals surface area contributed by atoms with Crippen LogP contribution in [-0.4, -0.2) is 30.0 Å². The number of aliphatic hydroxyl groups excluding tert-OH is 1. The molecule has 0 aliphatic heterocycles. The molecule has 0 radical (unpaired) electrons. The van der Waals surface area contributed by atoms with Gasteiger partial charge in [-0.05, 0) is 18.2 Å². The van der Waals surface area contributed by atoms with Gasteiger partial charge >= 0.3 is 0 Å². The fourth-order valence-corrected chi connectivity index (χ4v) is 1.94. The molecule has 0 fully saturated rings. The van der Waals surface area contributed by atoms with Crippen LogP contribution < -0.4 is 10.6 Å². The van der Waals surface area contributed by atoms with E-state index >= 15 is 0 Å². The molecule has 0 aliphatic carbocycles. The van der Waals surface area contributed by atoms with Gasteiger partial charge in [-0.3, -0.25) is 9.59 Å². The molecule has 0 spiro atoms. The fourth-order valence-electron chi connectivity index (χ4n) is 1.94. The number of carbonyl (C=O) groups is 2. The van der Waals surface area contributed by atoms with Crippen LogP contribution in [0.3, 0.4) is 0 Å². The highest BCUT2D eigenvalue weighted by Crippen LogP contribution is 2.15. The molecular weight excluding hydrogens is 303 g/mol. The van der Waals surface area contributed by atoms with Gasteiger partial charge in [-0.15, -0.1) is 0 Å². The highest BCUT2D eigenvalue weighted by molar-refractivity contribution is 5.91. The topological polar surface area (TPSA) is 91.6 Å². The number of benzene rings is 1. The highest BCUT2D eigenvalue weighted by Gasteiger charge is 2.13. The first-order valence-electron chi connectivity index (χ1n) is 7.09. The van der Waals surface area contributed by atoms with Gasteiger partial charge in [0.1, 0.15) is 5.82 Å². The number of rotatable bonds is 7. The quantitative estimate of drug-likeness (QED) is 0.719. The van der Waals surface area contributed by atoms with Crippen LogP contribution in [0.2, 0.25) is 0 Å². The molecule has 2 aromatic rings. The van der Waals surface area contributed by atoms with E-state index in [2.05, 4.69) is 10.6 Å². The van der Waals surface area contributed by atoms with E-state index in [4.69, 9.17) is 4.42 Å². The number of hydrogen-bond acceptors (Lipinski definition) is 4. The van der Waals surface area contributed by atoms with Crippen LogP contribution in [0.1, 0.15) is 28.6 Å². The molecule has 23 heavy (non-hydrogen) atoms. The fraction of sp³-hybridized carbons (Fsp3) is 0.250. The molecule has 2 rings (SSSR count). The molecule has 6 nitrogen and oxygen atoms in total. The summed E-state index contributed by atoms with van der Waals surface area (Å²) >= 11 is 0. The Labute approximate surface area is 132 Å². The zero-order valence-electron chi connectivity index (χ0n) is 12.3. The molecule has 3 N–H and O–H groups in total. The third kappa shape index (κ3) is 4.93. The van der Waals surface area contributed by atoms with Crippen molar-refractivity contribution in [2.45, 2.75) is 12.5 Å². The molecule has 1 unspecified atom stereocenters. The van der Waals surface area contributed by atoms with Crippen molar-refractivity contribution in [3.05, 3.63) is 59.8 Å². The smallest absolute Gasteiger partial charge is 0.286 e. The normalized spacial score (nSPS) is 11.7. The summed E-state index contributed by atoms with van der Waals surface area (Å²) in [4.78, 5) is 23.2. The summed E-state index contributed by atoms with van der Waals surface area (Å²) in [6.07, 6.45) is 0.292. The number of hydrogen-bond donors (Lipinski definition) is 3. The first-order chi connectivity index (χ1) is 11.1. The second-order valence-corrected chi connectivity index (χ2v) is 4.82. The lowest BCUT2D eigenvalue weighted by Crippen LogP contribution is -2.32. The Morgan fingerprint density at radius 1 is 1.17 bits per heavy atom. The Balaban J connectivity index is 1.69. The summed E-state index contributed by atoms with van der Waals surface area (Å²) in [6, 6.07) is 8.92. The van der Waals surface area contributed by atoms with Crippen LogP contribution in [0.15, 0.2) is 47.1 Å². The monoisotopic (exact) mass is 320 g/mol. The summed E-state index contributed by atoms with van der Waals surface area (Å²) < 4.78 is 18.4. The minimum Gasteiger partial charge on any atom is -0.459 e. The van der Waals surface area contributed by atoms with E-state index in [0.29, 0.717) is 0 Å². The highest BCUT2D eigenvalue weighted by atomic mass is 19.1. The van der Waals surface area contributed by atoms with Crippen molar-refractivity contribution in [1.82, 2.24) is 10.6 Å². The van der Waals surface area contributed by atoms with Gasteiger partial charge in [0.2, 0.25) is 5.91 Å². The van der Waals surface area contributed by atoms with Gasteiger partial charge in [-0.25, -0.2) is 4.39 Å². The van der Waals surface area contributed by atoms with E-state index in [0.717, 1.165) is 0 Å². The lowest BCUT2D eigenvalue weighted by molar-refractivity contribution is -0.121. The molecular formula is C16H17FN2O4. The Kier molecular flexibility index (Phi) is 5.87. The maximum atomic E-state index is 13.5. The van der Waals surface area contributed by atoms with Gasteiger partial charge in [0.15, 0.2) is 5.76 Å². The van der Waals surface area contributed by atoms with E-state index in [9.17, 15) is 19.1 Å². The molecule has 0 bridgehead atoms. The maximum Gasteiger partial charge on any atom is 0.286 e. The molecule has 0 aliphatic rings. The van der Waals surface area contributed by atoms with Crippen molar-refractivity contribution in [3.63, 3.8) is 0 Å². The molecule has 1 heterocycles. The average Bonchev–Trinajstić information content (AvgIpc) is 3.07. The van der Waals surface area contributed by atoms with Gasteiger partial charge in [0.05, 0.1) is 12.4 Å². The van der Waals surface area contributed by atoms with Crippen LogP contribution >= 0.6 is 0 Å². The summed E-state index contributed by atoms with van der Waals surface area (Å²) in [5, 5.41) is 14.9. The Hall–Kier alpha value is -2.67. The third-order valence-electron chi connectivity index (χ3n) is 3.14. The first kappa shape index (κ1) is 16.7. The van der Waals surface area contributed by atoms with Crippen molar-refractivity contribution < 1.29 is 23.5 Å². The molecule has 122 valence electrons. The Morgan fingerprint density at radius 3 is 2.65 bits per heavy atom. The minimum atomic E-state index is -1.13. The van der Waals surface area contributed by atoms with Gasteiger partial charge in [-0.1, -0.05) is 18.2 Å². The molecule has 2 amide bonds. The van der Waals surface area contributed by atoms with Crippen molar-refractivity contribution >= 4 is 11.8 Å². The molecule has 1 aromatic heterocycles. The molecule has 1 atom stereocenters. The van der Waals surface area contributed by atoms with E-state index in [1.807, 2.05) is 0 Å². The largest absolute Gasteiger partial charge is 0.459 e. The molecule has 1 aromatic carbocycles. The van der Waals surface area contributed by atoms with Crippen molar-refractivity contribution in [3.8, 4) is 0 Å². The lowest BCUT2D eigenvalue weighted by atomic mass is 10.1. The van der Waals surface area contributed by atoms with Gasteiger partial charge in [-0.2, -0.15) is 0 Å². The number of carbonyl (C=O) groups excluding carboxylic acids is 2. The zero-order valence-corrected chi connectivity index (χ0v) is 12.3. The number of aliphatic hydroxyl groups is 1. The molecule has 0 saturated heterocycles.